The summed E-state index contributed by atoms with van der Waals surface area (Å²) in [5, 5.41) is 2.93. The van der Waals surface area contributed by atoms with Crippen LogP contribution in [-0.4, -0.2) is 0 Å². The smallest absolute Gasteiger partial charge is 0.150 e. The van der Waals surface area contributed by atoms with Gasteiger partial charge in [0.05, 0.1) is 5.69 Å². The van der Waals surface area contributed by atoms with Gasteiger partial charge in [0.2, 0.25) is 0 Å². The molecule has 0 saturated carbocycles. The molecule has 0 unspecified atom stereocenters. The highest BCUT2D eigenvalue weighted by molar-refractivity contribution is 6.30. The second-order valence-electron chi connectivity index (χ2n) is 6.28. The predicted molar refractivity (Wildman–Crippen MR) is 115 cm³/mol. The van der Waals surface area contributed by atoms with Crippen molar-refractivity contribution in [2.24, 2.45) is 0 Å². The van der Waals surface area contributed by atoms with E-state index in [0.29, 0.717) is 17.2 Å². The molecule has 0 aliphatic carbocycles. The van der Waals surface area contributed by atoms with E-state index in [9.17, 15) is 0 Å². The number of halogens is 1. The van der Waals surface area contributed by atoms with Crippen LogP contribution in [0.15, 0.2) is 91.5 Å². The van der Waals surface area contributed by atoms with E-state index in [1.54, 1.807) is 0 Å². The van der Waals surface area contributed by atoms with Crippen molar-refractivity contribution >= 4 is 33.8 Å². The van der Waals surface area contributed by atoms with Crippen molar-refractivity contribution in [1.29, 1.82) is 0 Å². The summed E-state index contributed by atoms with van der Waals surface area (Å²) in [6.45, 7) is 4.13. The molecule has 0 heterocycles. The SMILES string of the molecule is C=C(Oc1ccccc1N)c1ccc(-c2ccc(Cl)cc2)c2ccccc12. The Morgan fingerprint density at radius 2 is 1.44 bits per heavy atom. The summed E-state index contributed by atoms with van der Waals surface area (Å²) < 4.78 is 5.96. The first-order valence-electron chi connectivity index (χ1n) is 8.63. The van der Waals surface area contributed by atoms with Gasteiger partial charge in [-0.1, -0.05) is 72.8 Å². The zero-order valence-corrected chi connectivity index (χ0v) is 15.4. The molecule has 4 aromatic rings. The Morgan fingerprint density at radius 3 is 2.19 bits per heavy atom. The van der Waals surface area contributed by atoms with Crippen LogP contribution in [0.5, 0.6) is 5.75 Å². The van der Waals surface area contributed by atoms with Crippen molar-refractivity contribution in [2.75, 3.05) is 5.73 Å². The molecule has 4 aromatic carbocycles. The number of hydrogen-bond donors (Lipinski definition) is 1. The molecule has 0 radical (unpaired) electrons. The van der Waals surface area contributed by atoms with Crippen molar-refractivity contribution in [1.82, 2.24) is 0 Å². The fourth-order valence-electron chi connectivity index (χ4n) is 3.18. The van der Waals surface area contributed by atoms with Gasteiger partial charge in [-0.2, -0.15) is 0 Å². The first-order valence-corrected chi connectivity index (χ1v) is 9.00. The Kier molecular flexibility index (Phi) is 4.57. The topological polar surface area (TPSA) is 35.2 Å². The van der Waals surface area contributed by atoms with E-state index in [-0.39, 0.29) is 0 Å². The van der Waals surface area contributed by atoms with E-state index in [1.807, 2.05) is 66.7 Å². The van der Waals surface area contributed by atoms with E-state index in [1.165, 1.54) is 0 Å². The molecule has 2 nitrogen and oxygen atoms in total. The van der Waals surface area contributed by atoms with Gasteiger partial charge < -0.3 is 10.5 Å². The summed E-state index contributed by atoms with van der Waals surface area (Å²) in [5.74, 6) is 1.17. The number of ether oxygens (including phenoxy) is 1. The van der Waals surface area contributed by atoms with Crippen molar-refractivity contribution < 1.29 is 4.74 Å². The third kappa shape index (κ3) is 3.40. The standard InChI is InChI=1S/C24H18ClNO/c1-16(27-24-9-5-4-8-23(24)26)19-14-15-20(17-10-12-18(25)13-11-17)22-7-3-2-6-21(19)22/h2-15H,1,26H2. The molecule has 0 aliphatic rings. The average Bonchev–Trinajstić information content (AvgIpc) is 2.69. The molecule has 0 atom stereocenters. The van der Waals surface area contributed by atoms with Gasteiger partial charge in [-0.3, -0.25) is 0 Å². The molecule has 132 valence electrons. The van der Waals surface area contributed by atoms with Crippen molar-refractivity contribution in [3.05, 3.63) is 102 Å². The quantitative estimate of drug-likeness (QED) is 0.316. The Bertz CT molecular complexity index is 1130. The van der Waals surface area contributed by atoms with Gasteiger partial charge in [-0.25, -0.2) is 0 Å². The third-order valence-corrected chi connectivity index (χ3v) is 4.78. The van der Waals surface area contributed by atoms with Crippen LogP contribution in [0.4, 0.5) is 5.69 Å². The minimum absolute atomic E-state index is 0.562. The molecule has 0 spiro atoms. The fraction of sp³-hybridized carbons (Fsp3) is 0. The molecular formula is C24H18ClNO. The van der Waals surface area contributed by atoms with Crippen LogP contribution >= 0.6 is 11.6 Å². The number of nitrogens with two attached hydrogens (primary N) is 1. The summed E-state index contributed by atoms with van der Waals surface area (Å²) in [5.41, 5.74) is 9.76. The molecule has 3 heteroatoms. The number of rotatable bonds is 4. The Labute approximate surface area is 163 Å². The maximum Gasteiger partial charge on any atom is 0.150 e. The van der Waals surface area contributed by atoms with E-state index < -0.39 is 0 Å². The zero-order chi connectivity index (χ0) is 18.8. The van der Waals surface area contributed by atoms with Gasteiger partial charge in [0, 0.05) is 10.6 Å². The number of para-hydroxylation sites is 2. The minimum Gasteiger partial charge on any atom is -0.455 e. The summed E-state index contributed by atoms with van der Waals surface area (Å²) in [6.07, 6.45) is 0. The molecule has 4 rings (SSSR count). The summed E-state index contributed by atoms with van der Waals surface area (Å²) in [4.78, 5) is 0. The van der Waals surface area contributed by atoms with Gasteiger partial charge in [-0.15, -0.1) is 0 Å². The molecule has 27 heavy (non-hydrogen) atoms. The zero-order valence-electron chi connectivity index (χ0n) is 14.7. The van der Waals surface area contributed by atoms with Crippen LogP contribution < -0.4 is 10.5 Å². The number of benzene rings is 4. The predicted octanol–water partition coefficient (Wildman–Crippen LogP) is 6.79. The maximum absolute atomic E-state index is 6.04. The third-order valence-electron chi connectivity index (χ3n) is 4.53. The molecule has 0 bridgehead atoms. The lowest BCUT2D eigenvalue weighted by molar-refractivity contribution is 0.520. The van der Waals surface area contributed by atoms with Crippen molar-refractivity contribution in [3.63, 3.8) is 0 Å². The molecule has 0 aromatic heterocycles. The van der Waals surface area contributed by atoms with E-state index in [2.05, 4.69) is 24.8 Å². The van der Waals surface area contributed by atoms with Crippen LogP contribution in [0, 0.1) is 0 Å². The minimum atomic E-state index is 0.562. The van der Waals surface area contributed by atoms with Crippen LogP contribution in [0.2, 0.25) is 5.02 Å². The molecular weight excluding hydrogens is 354 g/mol. The maximum atomic E-state index is 6.04. The summed E-state index contributed by atoms with van der Waals surface area (Å²) >= 11 is 6.04. The Balaban J connectivity index is 1.79. The Hall–Kier alpha value is -3.23. The van der Waals surface area contributed by atoms with Crippen LogP contribution in [-0.2, 0) is 0 Å². The van der Waals surface area contributed by atoms with Gasteiger partial charge >= 0.3 is 0 Å². The second-order valence-corrected chi connectivity index (χ2v) is 6.71. The Morgan fingerprint density at radius 1 is 0.778 bits per heavy atom. The highest BCUT2D eigenvalue weighted by atomic mass is 35.5. The largest absolute Gasteiger partial charge is 0.455 e. The highest BCUT2D eigenvalue weighted by Crippen LogP contribution is 2.35. The number of anilines is 1. The van der Waals surface area contributed by atoms with E-state index in [0.717, 1.165) is 32.5 Å². The second kappa shape index (κ2) is 7.18. The lowest BCUT2D eigenvalue weighted by atomic mass is 9.94. The number of nitrogen functional groups attached to an aromatic ring is 1. The lowest BCUT2D eigenvalue weighted by Crippen LogP contribution is -1.98. The number of fused-ring (bicyclic) bond motifs is 1. The molecule has 2 N–H and O–H groups in total. The molecule has 0 amide bonds. The van der Waals surface area contributed by atoms with Crippen molar-refractivity contribution in [2.45, 2.75) is 0 Å². The fourth-order valence-corrected chi connectivity index (χ4v) is 3.31. The average molecular weight is 372 g/mol. The van der Waals surface area contributed by atoms with Gasteiger partial charge in [-0.05, 0) is 52.2 Å². The highest BCUT2D eigenvalue weighted by Gasteiger charge is 2.12. The first kappa shape index (κ1) is 17.2. The van der Waals surface area contributed by atoms with E-state index in [4.69, 9.17) is 22.1 Å². The number of hydrogen-bond acceptors (Lipinski definition) is 2. The monoisotopic (exact) mass is 371 g/mol. The van der Waals surface area contributed by atoms with E-state index >= 15 is 0 Å². The lowest BCUT2D eigenvalue weighted by Gasteiger charge is -2.15. The molecule has 0 aliphatic heterocycles. The van der Waals surface area contributed by atoms with Crippen molar-refractivity contribution in [3.8, 4) is 16.9 Å². The van der Waals surface area contributed by atoms with Gasteiger partial charge in [0.25, 0.3) is 0 Å². The summed E-state index contributed by atoms with van der Waals surface area (Å²) in [7, 11) is 0. The van der Waals surface area contributed by atoms with Crippen LogP contribution in [0.25, 0.3) is 27.7 Å². The van der Waals surface area contributed by atoms with Crippen LogP contribution in [0.3, 0.4) is 0 Å². The summed E-state index contributed by atoms with van der Waals surface area (Å²) in [6, 6.07) is 27.6. The normalized spacial score (nSPS) is 10.7. The molecule has 0 fully saturated rings. The van der Waals surface area contributed by atoms with Crippen LogP contribution in [0.1, 0.15) is 5.56 Å². The van der Waals surface area contributed by atoms with Gasteiger partial charge in [0.1, 0.15) is 11.5 Å². The molecule has 0 saturated heterocycles. The first-order chi connectivity index (χ1) is 13.1. The van der Waals surface area contributed by atoms with Gasteiger partial charge in [0.15, 0.2) is 0 Å².